The Labute approximate surface area is 196 Å². The van der Waals surface area contributed by atoms with Gasteiger partial charge in [0, 0.05) is 31.1 Å². The minimum absolute atomic E-state index is 0.0378. The summed E-state index contributed by atoms with van der Waals surface area (Å²) in [5, 5.41) is 8.86. The van der Waals surface area contributed by atoms with E-state index in [2.05, 4.69) is 10.2 Å². The van der Waals surface area contributed by atoms with Gasteiger partial charge in [0.1, 0.15) is 0 Å². The van der Waals surface area contributed by atoms with E-state index >= 15 is 0 Å². The first-order valence-corrected chi connectivity index (χ1v) is 14.1. The Morgan fingerprint density at radius 3 is 2.44 bits per heavy atom. The summed E-state index contributed by atoms with van der Waals surface area (Å²) in [4.78, 5) is 26.8. The van der Waals surface area contributed by atoms with Crippen molar-refractivity contribution in [1.29, 1.82) is 0 Å². The zero-order valence-electron chi connectivity index (χ0n) is 17.9. The summed E-state index contributed by atoms with van der Waals surface area (Å²) in [5.41, 5.74) is 0.459. The number of carbonyl (C=O) groups is 2. The number of rotatable bonds is 9. The van der Waals surface area contributed by atoms with Crippen molar-refractivity contribution in [2.24, 2.45) is 0 Å². The van der Waals surface area contributed by atoms with E-state index in [0.29, 0.717) is 34.5 Å². The summed E-state index contributed by atoms with van der Waals surface area (Å²) >= 11 is 2.60. The molecule has 172 valence electrons. The smallest absolute Gasteiger partial charge is 0.243 e. The van der Waals surface area contributed by atoms with E-state index in [4.69, 9.17) is 0 Å². The number of hydrogen-bond donors (Lipinski definition) is 0. The van der Waals surface area contributed by atoms with Crippen molar-refractivity contribution in [3.05, 3.63) is 29.8 Å². The highest BCUT2D eigenvalue weighted by atomic mass is 32.2. The number of anilines is 1. The van der Waals surface area contributed by atoms with Crippen LogP contribution in [0.1, 0.15) is 55.8 Å². The highest BCUT2D eigenvalue weighted by Gasteiger charge is 2.35. The summed E-state index contributed by atoms with van der Waals surface area (Å²) in [6.45, 7) is 2.92. The van der Waals surface area contributed by atoms with Crippen molar-refractivity contribution >= 4 is 49.9 Å². The summed E-state index contributed by atoms with van der Waals surface area (Å²) in [5.74, 6) is 0.0890. The molecule has 0 unspecified atom stereocenters. The van der Waals surface area contributed by atoms with Crippen molar-refractivity contribution < 1.29 is 18.0 Å². The summed E-state index contributed by atoms with van der Waals surface area (Å²) in [6, 6.07) is 6.37. The van der Waals surface area contributed by atoms with Crippen LogP contribution in [0, 0.1) is 0 Å². The van der Waals surface area contributed by atoms with E-state index in [0.717, 1.165) is 32.1 Å². The third-order valence-corrected chi connectivity index (χ3v) is 9.51. The zero-order valence-corrected chi connectivity index (χ0v) is 20.3. The van der Waals surface area contributed by atoms with Crippen LogP contribution in [0.5, 0.6) is 0 Å². The minimum atomic E-state index is -3.51. The molecule has 1 saturated carbocycles. The Morgan fingerprint density at radius 1 is 1.12 bits per heavy atom. The second-order valence-corrected chi connectivity index (χ2v) is 12.0. The first-order chi connectivity index (χ1) is 15.4. The number of hydrogen-bond acceptors (Lipinski definition) is 8. The lowest BCUT2D eigenvalue weighted by atomic mass is 10.1. The van der Waals surface area contributed by atoms with Crippen LogP contribution in [0.2, 0.25) is 0 Å². The lowest BCUT2D eigenvalue weighted by Gasteiger charge is -2.25. The van der Waals surface area contributed by atoms with Crippen molar-refractivity contribution in [3.8, 4) is 0 Å². The first kappa shape index (κ1) is 23.3. The lowest BCUT2D eigenvalue weighted by Crippen LogP contribution is -2.35. The maximum absolute atomic E-state index is 12.8. The number of carbonyl (C=O) groups excluding carboxylic acids is 2. The number of aromatic nitrogens is 2. The van der Waals surface area contributed by atoms with Crippen LogP contribution < -0.4 is 4.90 Å². The van der Waals surface area contributed by atoms with Gasteiger partial charge in [-0.25, -0.2) is 8.42 Å². The predicted molar refractivity (Wildman–Crippen MR) is 125 cm³/mol. The van der Waals surface area contributed by atoms with Crippen LogP contribution in [0.15, 0.2) is 33.5 Å². The number of benzene rings is 1. The maximum Gasteiger partial charge on any atom is 0.243 e. The second-order valence-electron chi connectivity index (χ2n) is 7.90. The molecule has 1 saturated heterocycles. The molecule has 0 radical (unpaired) electrons. The molecular formula is C21H26N4O4S3. The Morgan fingerprint density at radius 2 is 1.81 bits per heavy atom. The molecule has 8 nitrogen and oxygen atoms in total. The van der Waals surface area contributed by atoms with Gasteiger partial charge in [-0.3, -0.25) is 14.5 Å². The Kier molecular flexibility index (Phi) is 7.28. The van der Waals surface area contributed by atoms with Crippen LogP contribution in [0.3, 0.4) is 0 Å². The summed E-state index contributed by atoms with van der Waals surface area (Å²) in [6.07, 6.45) is 5.20. The average molecular weight is 495 g/mol. The second kappa shape index (κ2) is 9.98. The van der Waals surface area contributed by atoms with Crippen molar-refractivity contribution in [2.45, 2.75) is 60.7 Å². The molecule has 1 aromatic carbocycles. The minimum Gasteiger partial charge on any atom is -0.293 e. The average Bonchev–Trinajstić information content (AvgIpc) is 3.55. The van der Waals surface area contributed by atoms with Crippen molar-refractivity contribution in [2.75, 3.05) is 23.7 Å². The fraction of sp³-hybridized carbons (Fsp3) is 0.524. The monoisotopic (exact) mass is 494 g/mol. The molecule has 11 heteroatoms. The fourth-order valence-electron chi connectivity index (χ4n) is 3.61. The Hall–Kier alpha value is -1.82. The lowest BCUT2D eigenvalue weighted by molar-refractivity contribution is -0.118. The maximum atomic E-state index is 12.8. The van der Waals surface area contributed by atoms with Gasteiger partial charge in [-0.15, -0.1) is 10.2 Å². The van der Waals surface area contributed by atoms with Gasteiger partial charge < -0.3 is 0 Å². The van der Waals surface area contributed by atoms with Gasteiger partial charge in [0.05, 0.1) is 10.6 Å². The van der Waals surface area contributed by atoms with E-state index in [1.54, 1.807) is 17.0 Å². The normalized spacial score (nSPS) is 17.3. The molecule has 0 N–H and O–H groups in total. The van der Waals surface area contributed by atoms with Gasteiger partial charge in [0.2, 0.25) is 21.1 Å². The van der Waals surface area contributed by atoms with Gasteiger partial charge in [-0.05, 0) is 37.8 Å². The molecule has 0 atom stereocenters. The van der Waals surface area contributed by atoms with Gasteiger partial charge in [-0.1, -0.05) is 48.6 Å². The van der Waals surface area contributed by atoms with Crippen LogP contribution in [-0.2, 0) is 14.8 Å². The molecule has 2 aromatic rings. The molecular weight excluding hydrogens is 468 g/mol. The number of sulfonamides is 1. The van der Waals surface area contributed by atoms with Crippen LogP contribution in [0.4, 0.5) is 5.13 Å². The molecule has 1 aromatic heterocycles. The van der Waals surface area contributed by atoms with Gasteiger partial charge in [0.15, 0.2) is 10.1 Å². The summed E-state index contributed by atoms with van der Waals surface area (Å²) < 4.78 is 27.7. The standard InChI is InChI=1S/C21H26N4O4S3/c1-2-19(27)25(16-8-9-16)20-22-23-21(31-20)30-14-18(26)15-6-10-17(11-7-15)32(28,29)24-12-4-3-5-13-24/h6-7,10-11,16H,2-5,8-9,12-14H2,1H3. The number of ketones is 1. The third kappa shape index (κ3) is 5.22. The number of Topliss-reactive ketones (excluding diaryl/α,β-unsaturated/α-hetero) is 1. The van der Waals surface area contributed by atoms with E-state index in [1.165, 1.54) is 39.5 Å². The molecule has 2 aliphatic rings. The molecule has 1 aliphatic heterocycles. The number of thioether (sulfide) groups is 1. The number of nitrogens with zero attached hydrogens (tertiary/aromatic N) is 4. The number of amides is 1. The third-order valence-electron chi connectivity index (χ3n) is 5.54. The van der Waals surface area contributed by atoms with Gasteiger partial charge in [-0.2, -0.15) is 4.31 Å². The Balaban J connectivity index is 1.36. The van der Waals surface area contributed by atoms with E-state index < -0.39 is 10.0 Å². The van der Waals surface area contributed by atoms with Crippen LogP contribution >= 0.6 is 23.1 Å². The topological polar surface area (TPSA) is 101 Å². The quantitative estimate of drug-likeness (QED) is 0.298. The molecule has 1 amide bonds. The Bertz CT molecular complexity index is 1070. The predicted octanol–water partition coefficient (Wildman–Crippen LogP) is 3.59. The van der Waals surface area contributed by atoms with Gasteiger partial charge >= 0.3 is 0 Å². The highest BCUT2D eigenvalue weighted by molar-refractivity contribution is 8.01. The SMILES string of the molecule is CCC(=O)N(c1nnc(SCC(=O)c2ccc(S(=O)(=O)N3CCCCC3)cc2)s1)C1CC1. The van der Waals surface area contributed by atoms with Crippen molar-refractivity contribution in [3.63, 3.8) is 0 Å². The number of piperidine rings is 1. The highest BCUT2D eigenvalue weighted by Crippen LogP contribution is 2.36. The van der Waals surface area contributed by atoms with Gasteiger partial charge in [0.25, 0.3) is 0 Å². The molecule has 1 aliphatic carbocycles. The van der Waals surface area contributed by atoms with Crippen LogP contribution in [0.25, 0.3) is 0 Å². The largest absolute Gasteiger partial charge is 0.293 e. The molecule has 0 spiro atoms. The molecule has 2 fully saturated rings. The van der Waals surface area contributed by atoms with E-state index in [-0.39, 0.29) is 28.4 Å². The molecule has 2 heterocycles. The molecule has 4 rings (SSSR count). The van der Waals surface area contributed by atoms with E-state index in [9.17, 15) is 18.0 Å². The first-order valence-electron chi connectivity index (χ1n) is 10.8. The van der Waals surface area contributed by atoms with E-state index in [1.807, 2.05) is 6.92 Å². The molecule has 0 bridgehead atoms. The van der Waals surface area contributed by atoms with Crippen molar-refractivity contribution in [1.82, 2.24) is 14.5 Å². The van der Waals surface area contributed by atoms with Crippen LogP contribution in [-0.4, -0.2) is 59.5 Å². The summed E-state index contributed by atoms with van der Waals surface area (Å²) in [7, 11) is -3.51. The fourth-order valence-corrected chi connectivity index (χ4v) is 6.95. The zero-order chi connectivity index (χ0) is 22.7. The molecule has 32 heavy (non-hydrogen) atoms.